The molecule has 0 aromatic carbocycles. The van der Waals surface area contributed by atoms with Gasteiger partial charge in [0.1, 0.15) is 12.0 Å². The Balaban J connectivity index is 4.92. The molecule has 32 heavy (non-hydrogen) atoms. The van der Waals surface area contributed by atoms with Crippen molar-refractivity contribution in [2.45, 2.75) is 51.4 Å². The Morgan fingerprint density at radius 3 is 2.19 bits per heavy atom. The van der Waals surface area contributed by atoms with Crippen molar-refractivity contribution in [3.05, 3.63) is 0 Å². The van der Waals surface area contributed by atoms with E-state index in [4.69, 9.17) is 14.6 Å². The molecule has 0 aromatic rings. The molecule has 0 aliphatic heterocycles. The summed E-state index contributed by atoms with van der Waals surface area (Å²) in [7, 11) is 1.52. The lowest BCUT2D eigenvalue weighted by molar-refractivity contribution is -0.141. The van der Waals surface area contributed by atoms with Crippen LogP contribution in [0.1, 0.15) is 33.1 Å². The number of amides is 3. The molecule has 184 valence electrons. The number of aliphatic hydroxyl groups is 1. The van der Waals surface area contributed by atoms with Crippen molar-refractivity contribution < 1.29 is 43.7 Å². The van der Waals surface area contributed by atoms with E-state index in [0.29, 0.717) is 13.2 Å². The van der Waals surface area contributed by atoms with Gasteiger partial charge in [-0.05, 0) is 6.92 Å². The molecular formula is C19H34N4O9. The zero-order chi connectivity index (χ0) is 24.5. The molecule has 3 amide bonds. The van der Waals surface area contributed by atoms with Gasteiger partial charge in [0.15, 0.2) is 0 Å². The molecule has 3 unspecified atom stereocenters. The van der Waals surface area contributed by atoms with Crippen molar-refractivity contribution in [1.29, 1.82) is 0 Å². The Bertz CT molecular complexity index is 630. The lowest BCUT2D eigenvalue weighted by Crippen LogP contribution is -2.57. The van der Waals surface area contributed by atoms with Crippen molar-refractivity contribution in [2.24, 2.45) is 0 Å². The molecule has 0 saturated carbocycles. The highest BCUT2D eigenvalue weighted by Crippen LogP contribution is 2.03. The van der Waals surface area contributed by atoms with Crippen molar-refractivity contribution in [3.63, 3.8) is 0 Å². The number of hydrogen-bond acceptors (Lipinski definition) is 9. The van der Waals surface area contributed by atoms with Crippen LogP contribution < -0.4 is 21.3 Å². The number of hydrogen-bond donors (Lipinski definition) is 6. The normalized spacial score (nSPS) is 13.5. The lowest BCUT2D eigenvalue weighted by Gasteiger charge is -2.27. The number of nitrogens with one attached hydrogen (secondary N) is 4. The molecule has 0 radical (unpaired) electrons. The molecule has 6 N–H and O–H groups in total. The molecule has 0 saturated heterocycles. The van der Waals surface area contributed by atoms with Crippen LogP contribution in [0.2, 0.25) is 0 Å². The van der Waals surface area contributed by atoms with Crippen molar-refractivity contribution in [2.75, 3.05) is 40.0 Å². The van der Waals surface area contributed by atoms with Crippen LogP contribution in [0.25, 0.3) is 0 Å². The quantitative estimate of drug-likeness (QED) is 0.0937. The summed E-state index contributed by atoms with van der Waals surface area (Å²) < 4.78 is 10.0. The van der Waals surface area contributed by atoms with Gasteiger partial charge in [-0.25, -0.2) is 0 Å². The first-order valence-electron chi connectivity index (χ1n) is 10.1. The second-order valence-electron chi connectivity index (χ2n) is 6.97. The van der Waals surface area contributed by atoms with Gasteiger partial charge in [-0.1, -0.05) is 0 Å². The first-order valence-corrected chi connectivity index (χ1v) is 10.1. The molecule has 13 nitrogen and oxygen atoms in total. The van der Waals surface area contributed by atoms with Gasteiger partial charge in [-0.15, -0.1) is 0 Å². The minimum absolute atomic E-state index is 0.0982. The van der Waals surface area contributed by atoms with Crippen molar-refractivity contribution in [3.8, 4) is 0 Å². The van der Waals surface area contributed by atoms with Gasteiger partial charge in [-0.3, -0.25) is 29.3 Å². The summed E-state index contributed by atoms with van der Waals surface area (Å²) in [6.07, 6.45) is -2.48. The molecule has 13 heteroatoms. The number of rotatable bonds is 18. The minimum Gasteiger partial charge on any atom is -0.481 e. The Hall–Kier alpha value is -2.61. The highest BCUT2D eigenvalue weighted by Gasteiger charge is 2.29. The second-order valence-corrected chi connectivity index (χ2v) is 6.97. The summed E-state index contributed by atoms with van der Waals surface area (Å²) in [5.41, 5.74) is 0. The summed E-state index contributed by atoms with van der Waals surface area (Å²) in [5.74, 6) is -3.19. The average Bonchev–Trinajstić information content (AvgIpc) is 2.68. The van der Waals surface area contributed by atoms with E-state index in [1.165, 1.54) is 21.0 Å². The monoisotopic (exact) mass is 462 g/mol. The van der Waals surface area contributed by atoms with Gasteiger partial charge in [0.25, 0.3) is 0 Å². The number of carbonyl (C=O) groups is 5. The molecule has 0 aromatic heterocycles. The van der Waals surface area contributed by atoms with Gasteiger partial charge in [0.05, 0.1) is 44.7 Å². The van der Waals surface area contributed by atoms with E-state index < -0.39 is 48.4 Å². The van der Waals surface area contributed by atoms with E-state index in [-0.39, 0.29) is 38.3 Å². The number of ether oxygens (including phenoxy) is 2. The van der Waals surface area contributed by atoms with Gasteiger partial charge in [0, 0.05) is 33.5 Å². The third-order valence-electron chi connectivity index (χ3n) is 4.02. The van der Waals surface area contributed by atoms with Crippen LogP contribution in [-0.2, 0) is 33.4 Å². The van der Waals surface area contributed by atoms with Crippen LogP contribution in [0.3, 0.4) is 0 Å². The molecule has 3 atom stereocenters. The number of carbonyl (C=O) groups excluding carboxylic acids is 4. The third-order valence-corrected chi connectivity index (χ3v) is 4.02. The van der Waals surface area contributed by atoms with Gasteiger partial charge in [0.2, 0.25) is 17.7 Å². The van der Waals surface area contributed by atoms with Crippen LogP contribution in [-0.4, -0.2) is 98.0 Å². The molecule has 0 spiro atoms. The number of aliphatic hydroxyl groups excluding tert-OH is 1. The lowest BCUT2D eigenvalue weighted by atomic mass is 10.1. The van der Waals surface area contributed by atoms with Crippen LogP contribution in [0.5, 0.6) is 0 Å². The Kier molecular flexibility index (Phi) is 15.6. The first kappa shape index (κ1) is 29.4. The number of ketones is 1. The molecule has 0 rings (SSSR count). The minimum atomic E-state index is -1.61. The van der Waals surface area contributed by atoms with E-state index in [1.807, 2.05) is 0 Å². The van der Waals surface area contributed by atoms with E-state index >= 15 is 0 Å². The maximum Gasteiger partial charge on any atom is 0.305 e. The van der Waals surface area contributed by atoms with Crippen molar-refractivity contribution in [1.82, 2.24) is 21.3 Å². The smallest absolute Gasteiger partial charge is 0.305 e. The fourth-order valence-corrected chi connectivity index (χ4v) is 2.49. The zero-order valence-corrected chi connectivity index (χ0v) is 18.6. The first-order chi connectivity index (χ1) is 15.1. The predicted molar refractivity (Wildman–Crippen MR) is 111 cm³/mol. The molecular weight excluding hydrogens is 428 g/mol. The molecule has 0 fully saturated rings. The van der Waals surface area contributed by atoms with Gasteiger partial charge < -0.3 is 35.6 Å². The van der Waals surface area contributed by atoms with E-state index in [0.717, 1.165) is 0 Å². The van der Waals surface area contributed by atoms with Crippen LogP contribution in [0.4, 0.5) is 0 Å². The Morgan fingerprint density at radius 2 is 1.62 bits per heavy atom. The maximum absolute atomic E-state index is 12.3. The average molecular weight is 463 g/mol. The Labute approximate surface area is 186 Å². The second kappa shape index (κ2) is 17.0. The highest BCUT2D eigenvalue weighted by molar-refractivity contribution is 5.86. The maximum atomic E-state index is 12.3. The van der Waals surface area contributed by atoms with Crippen molar-refractivity contribution >= 4 is 29.5 Å². The SMILES string of the molecule is COCCOCCNC(=O)C(CC(=O)O)NC(O)C(CC(=O)NCCC(C)=O)NC(C)=O. The van der Waals surface area contributed by atoms with Gasteiger partial charge >= 0.3 is 5.97 Å². The van der Waals surface area contributed by atoms with Crippen LogP contribution in [0, 0.1) is 0 Å². The van der Waals surface area contributed by atoms with Gasteiger partial charge in [-0.2, -0.15) is 0 Å². The summed E-state index contributed by atoms with van der Waals surface area (Å²) in [6.45, 7) is 3.64. The Morgan fingerprint density at radius 1 is 0.938 bits per heavy atom. The predicted octanol–water partition coefficient (Wildman–Crippen LogP) is -2.49. The summed E-state index contributed by atoms with van der Waals surface area (Å²) >= 11 is 0. The van der Waals surface area contributed by atoms with E-state index in [1.54, 1.807) is 0 Å². The number of aliphatic carboxylic acids is 1. The highest BCUT2D eigenvalue weighted by atomic mass is 16.5. The number of methoxy groups -OCH3 is 1. The molecule has 0 heterocycles. The van der Waals surface area contributed by atoms with E-state index in [2.05, 4.69) is 21.3 Å². The summed E-state index contributed by atoms with van der Waals surface area (Å²) in [4.78, 5) is 58.0. The number of carboxylic acid groups (broad SMARTS) is 1. The fourth-order valence-electron chi connectivity index (χ4n) is 2.49. The number of Topliss-reactive ketones (excluding diaryl/α,β-unsaturated/α-hetero) is 1. The largest absolute Gasteiger partial charge is 0.481 e. The third kappa shape index (κ3) is 15.2. The number of carboxylic acids is 1. The van der Waals surface area contributed by atoms with E-state index in [9.17, 15) is 29.1 Å². The standard InChI is InChI=1S/C19H34N4O9/c1-12(24)4-5-20-16(26)10-14(22-13(2)25)19(30)23-15(11-17(27)28)18(29)21-6-7-32-9-8-31-3/h14-15,19,23,30H,4-11H2,1-3H3,(H,20,26)(H,21,29)(H,22,25)(H,27,28). The molecule has 0 bridgehead atoms. The molecule has 0 aliphatic rings. The summed E-state index contributed by atoms with van der Waals surface area (Å²) in [5, 5.41) is 29.3. The fraction of sp³-hybridized carbons (Fsp3) is 0.737. The van der Waals surface area contributed by atoms with Crippen LogP contribution in [0.15, 0.2) is 0 Å². The molecule has 0 aliphatic carbocycles. The van der Waals surface area contributed by atoms with Crippen LogP contribution >= 0.6 is 0 Å². The topological polar surface area (TPSA) is 192 Å². The summed E-state index contributed by atoms with van der Waals surface area (Å²) in [6, 6.07) is -2.48. The zero-order valence-electron chi connectivity index (χ0n) is 18.6.